The summed E-state index contributed by atoms with van der Waals surface area (Å²) < 4.78 is 2.03. The predicted molar refractivity (Wildman–Crippen MR) is 64.3 cm³/mol. The highest BCUT2D eigenvalue weighted by Crippen LogP contribution is 2.18. The lowest BCUT2D eigenvalue weighted by molar-refractivity contribution is 0.700. The van der Waals surface area contributed by atoms with Crippen molar-refractivity contribution in [1.82, 2.24) is 9.55 Å². The van der Waals surface area contributed by atoms with Crippen molar-refractivity contribution in [3.05, 3.63) is 67.3 Å². The van der Waals surface area contributed by atoms with Gasteiger partial charge in [-0.25, -0.2) is 4.98 Å². The van der Waals surface area contributed by atoms with E-state index in [0.29, 0.717) is 0 Å². The maximum absolute atomic E-state index is 4.03. The first-order valence-corrected chi connectivity index (χ1v) is 4.57. The summed E-state index contributed by atoms with van der Waals surface area (Å²) in [7, 11) is 0. The van der Waals surface area contributed by atoms with E-state index >= 15 is 0 Å². The van der Waals surface area contributed by atoms with Gasteiger partial charge in [0, 0.05) is 12.4 Å². The number of hydrogen-bond acceptors (Lipinski definition) is 1. The van der Waals surface area contributed by atoms with Crippen LogP contribution in [0, 0.1) is 0 Å². The molecule has 0 saturated heterocycles. The summed E-state index contributed by atoms with van der Waals surface area (Å²) in [6.45, 7) is 3.84. The van der Waals surface area contributed by atoms with Gasteiger partial charge in [0.15, 0.2) is 0 Å². The molecule has 0 radical (unpaired) electrons. The number of aromatic nitrogens is 2. The van der Waals surface area contributed by atoms with Crippen LogP contribution in [-0.2, 0) is 0 Å². The van der Waals surface area contributed by atoms with Crippen molar-refractivity contribution >= 4 is 12.4 Å². The zero-order valence-electron chi connectivity index (χ0n) is 8.28. The van der Waals surface area contributed by atoms with Gasteiger partial charge in [0.25, 0.3) is 0 Å². The van der Waals surface area contributed by atoms with Crippen LogP contribution in [0.25, 0.3) is 0 Å². The molecule has 1 atom stereocenters. The van der Waals surface area contributed by atoms with Gasteiger partial charge in [-0.05, 0) is 5.56 Å². The number of halogens is 1. The van der Waals surface area contributed by atoms with E-state index in [1.165, 1.54) is 5.56 Å². The molecule has 1 unspecified atom stereocenters. The average Bonchev–Trinajstić information content (AvgIpc) is 2.74. The Labute approximate surface area is 95.7 Å². The van der Waals surface area contributed by atoms with Crippen LogP contribution in [0.3, 0.4) is 0 Å². The third-order valence-corrected chi connectivity index (χ3v) is 2.21. The van der Waals surface area contributed by atoms with Gasteiger partial charge in [-0.1, -0.05) is 36.4 Å². The maximum Gasteiger partial charge on any atom is 0.0954 e. The van der Waals surface area contributed by atoms with Gasteiger partial charge in [-0.2, -0.15) is 0 Å². The minimum absolute atomic E-state index is 0. The first-order valence-electron chi connectivity index (χ1n) is 4.57. The Morgan fingerprint density at radius 2 is 2.00 bits per heavy atom. The number of nitrogens with zero attached hydrogens (tertiary/aromatic N) is 2. The normalized spacial score (nSPS) is 11.5. The average molecular weight is 221 g/mol. The maximum atomic E-state index is 4.03. The van der Waals surface area contributed by atoms with E-state index in [0.717, 1.165) is 0 Å². The van der Waals surface area contributed by atoms with E-state index in [-0.39, 0.29) is 18.4 Å². The SMILES string of the molecule is C=CC(c1ccccc1)n1ccnc1.Cl. The first kappa shape index (κ1) is 11.5. The molecule has 1 aromatic heterocycles. The molecule has 2 nitrogen and oxygen atoms in total. The molecule has 1 aromatic carbocycles. The summed E-state index contributed by atoms with van der Waals surface area (Å²) in [5.74, 6) is 0. The minimum atomic E-state index is 0. The second-order valence-corrected chi connectivity index (χ2v) is 3.10. The standard InChI is InChI=1S/C12H12N2.ClH/c1-2-12(14-9-8-13-10-14)11-6-4-3-5-7-11;/h2-10,12H,1H2;1H. The highest BCUT2D eigenvalue weighted by molar-refractivity contribution is 5.85. The molecule has 0 N–H and O–H groups in total. The summed E-state index contributed by atoms with van der Waals surface area (Å²) >= 11 is 0. The highest BCUT2D eigenvalue weighted by Gasteiger charge is 2.06. The molecule has 0 bridgehead atoms. The Morgan fingerprint density at radius 3 is 2.53 bits per heavy atom. The molecule has 0 aliphatic heterocycles. The fourth-order valence-corrected chi connectivity index (χ4v) is 1.51. The Morgan fingerprint density at radius 1 is 1.27 bits per heavy atom. The smallest absolute Gasteiger partial charge is 0.0954 e. The summed E-state index contributed by atoms with van der Waals surface area (Å²) in [6, 6.07) is 10.4. The second kappa shape index (κ2) is 5.37. The van der Waals surface area contributed by atoms with Gasteiger partial charge in [0.05, 0.1) is 12.4 Å². The molecule has 0 saturated carbocycles. The zero-order chi connectivity index (χ0) is 9.80. The van der Waals surface area contributed by atoms with Crippen molar-refractivity contribution in [2.24, 2.45) is 0 Å². The predicted octanol–water partition coefficient (Wildman–Crippen LogP) is 3.08. The molecule has 0 spiro atoms. The number of hydrogen-bond donors (Lipinski definition) is 0. The van der Waals surface area contributed by atoms with Crippen LogP contribution in [0.4, 0.5) is 0 Å². The number of imidazole rings is 1. The van der Waals surface area contributed by atoms with Crippen molar-refractivity contribution < 1.29 is 0 Å². The van der Waals surface area contributed by atoms with Crippen molar-refractivity contribution in [2.75, 3.05) is 0 Å². The lowest BCUT2D eigenvalue weighted by Crippen LogP contribution is -2.04. The van der Waals surface area contributed by atoms with Gasteiger partial charge in [-0.3, -0.25) is 0 Å². The third-order valence-electron chi connectivity index (χ3n) is 2.21. The lowest BCUT2D eigenvalue weighted by atomic mass is 10.1. The molecule has 1 heterocycles. The Hall–Kier alpha value is -1.54. The lowest BCUT2D eigenvalue weighted by Gasteiger charge is -2.13. The molecule has 0 fully saturated rings. The van der Waals surface area contributed by atoms with Crippen molar-refractivity contribution in [3.8, 4) is 0 Å². The largest absolute Gasteiger partial charge is 0.326 e. The molecule has 2 aromatic rings. The van der Waals surface area contributed by atoms with Crippen LogP contribution < -0.4 is 0 Å². The van der Waals surface area contributed by atoms with Gasteiger partial charge < -0.3 is 4.57 Å². The second-order valence-electron chi connectivity index (χ2n) is 3.10. The van der Waals surface area contributed by atoms with E-state index in [1.54, 1.807) is 12.5 Å². The van der Waals surface area contributed by atoms with Gasteiger partial charge in [-0.15, -0.1) is 19.0 Å². The molecule has 2 rings (SSSR count). The summed E-state index contributed by atoms with van der Waals surface area (Å²) in [5, 5.41) is 0. The molecular formula is C12H13ClN2. The zero-order valence-corrected chi connectivity index (χ0v) is 9.10. The van der Waals surface area contributed by atoms with Crippen molar-refractivity contribution in [2.45, 2.75) is 6.04 Å². The summed E-state index contributed by atoms with van der Waals surface area (Å²) in [6.07, 6.45) is 7.44. The van der Waals surface area contributed by atoms with E-state index in [2.05, 4.69) is 23.7 Å². The quantitative estimate of drug-likeness (QED) is 0.727. The van der Waals surface area contributed by atoms with Crippen molar-refractivity contribution in [3.63, 3.8) is 0 Å². The Bertz CT molecular complexity index is 395. The minimum Gasteiger partial charge on any atom is -0.326 e. The fraction of sp³-hybridized carbons (Fsp3) is 0.0833. The molecule has 0 aliphatic rings. The molecule has 0 aliphatic carbocycles. The number of rotatable bonds is 3. The summed E-state index contributed by atoms with van der Waals surface area (Å²) in [4.78, 5) is 4.03. The Kier molecular flexibility index (Phi) is 4.13. The third kappa shape index (κ3) is 2.48. The Balaban J connectivity index is 0.00000112. The van der Waals surface area contributed by atoms with Crippen LogP contribution in [0.2, 0.25) is 0 Å². The monoisotopic (exact) mass is 220 g/mol. The highest BCUT2D eigenvalue weighted by atomic mass is 35.5. The van der Waals surface area contributed by atoms with E-state index in [4.69, 9.17) is 0 Å². The topological polar surface area (TPSA) is 17.8 Å². The van der Waals surface area contributed by atoms with E-state index in [1.807, 2.05) is 35.0 Å². The van der Waals surface area contributed by atoms with Crippen LogP contribution in [0.15, 0.2) is 61.7 Å². The van der Waals surface area contributed by atoms with Crippen LogP contribution in [0.5, 0.6) is 0 Å². The molecule has 0 amide bonds. The fourth-order valence-electron chi connectivity index (χ4n) is 1.51. The van der Waals surface area contributed by atoms with Gasteiger partial charge in [0.1, 0.15) is 0 Å². The van der Waals surface area contributed by atoms with Gasteiger partial charge in [0.2, 0.25) is 0 Å². The van der Waals surface area contributed by atoms with E-state index < -0.39 is 0 Å². The van der Waals surface area contributed by atoms with E-state index in [9.17, 15) is 0 Å². The molecule has 15 heavy (non-hydrogen) atoms. The molecular weight excluding hydrogens is 208 g/mol. The molecule has 3 heteroatoms. The first-order chi connectivity index (χ1) is 6.92. The number of allylic oxidation sites excluding steroid dienone is 1. The molecule has 78 valence electrons. The van der Waals surface area contributed by atoms with Gasteiger partial charge >= 0.3 is 0 Å². The van der Waals surface area contributed by atoms with Crippen LogP contribution in [0.1, 0.15) is 11.6 Å². The number of benzene rings is 1. The van der Waals surface area contributed by atoms with Crippen LogP contribution >= 0.6 is 12.4 Å². The van der Waals surface area contributed by atoms with Crippen molar-refractivity contribution in [1.29, 1.82) is 0 Å². The summed E-state index contributed by atoms with van der Waals surface area (Å²) in [5.41, 5.74) is 1.22. The van der Waals surface area contributed by atoms with Crippen LogP contribution in [-0.4, -0.2) is 9.55 Å².